The summed E-state index contributed by atoms with van der Waals surface area (Å²) in [6.07, 6.45) is 0. The molecule has 162 valence electrons. The molecule has 1 unspecified atom stereocenters. The van der Waals surface area contributed by atoms with E-state index in [9.17, 15) is 14.7 Å². The first kappa shape index (κ1) is 20.0. The summed E-state index contributed by atoms with van der Waals surface area (Å²) in [5.74, 6) is -0.455. The lowest BCUT2D eigenvalue weighted by Gasteiger charge is -2.22. The van der Waals surface area contributed by atoms with Gasteiger partial charge in [0.05, 0.1) is 27.2 Å². The first-order valence-electron chi connectivity index (χ1n) is 10.2. The third kappa shape index (κ3) is 3.04. The number of nitrogens with zero attached hydrogens (tertiary/aromatic N) is 2. The lowest BCUT2D eigenvalue weighted by Crippen LogP contribution is -2.29. The molecule has 0 saturated carbocycles. The summed E-state index contributed by atoms with van der Waals surface area (Å²) in [4.78, 5) is 33.4. The minimum Gasteiger partial charge on any atom is -0.508 e. The van der Waals surface area contributed by atoms with Crippen LogP contribution in [0.1, 0.15) is 33.3 Å². The Morgan fingerprint density at radius 1 is 1.09 bits per heavy atom. The molecule has 0 fully saturated rings. The Kier molecular flexibility index (Phi) is 4.33. The van der Waals surface area contributed by atoms with Crippen molar-refractivity contribution in [3.05, 3.63) is 98.4 Å². The molecule has 1 aliphatic rings. The van der Waals surface area contributed by atoms with Gasteiger partial charge in [-0.05, 0) is 60.5 Å². The number of hydrogen-bond donors (Lipinski definition) is 1. The van der Waals surface area contributed by atoms with Crippen molar-refractivity contribution >= 4 is 55.2 Å². The molecule has 0 bridgehead atoms. The molecule has 2 aromatic heterocycles. The summed E-state index contributed by atoms with van der Waals surface area (Å²) in [5.41, 5.74) is 2.57. The summed E-state index contributed by atoms with van der Waals surface area (Å²) in [6, 6.07) is 16.3. The van der Waals surface area contributed by atoms with Gasteiger partial charge in [-0.25, -0.2) is 4.98 Å². The topological polar surface area (TPSA) is 83.6 Å². The van der Waals surface area contributed by atoms with E-state index in [4.69, 9.17) is 16.0 Å². The number of amides is 1. The molecule has 0 radical (unpaired) electrons. The van der Waals surface area contributed by atoms with Crippen LogP contribution in [0.3, 0.4) is 0 Å². The van der Waals surface area contributed by atoms with Gasteiger partial charge in [0.2, 0.25) is 5.76 Å². The van der Waals surface area contributed by atoms with Gasteiger partial charge in [0.1, 0.15) is 11.3 Å². The highest BCUT2D eigenvalue weighted by molar-refractivity contribution is 7.22. The van der Waals surface area contributed by atoms with Gasteiger partial charge >= 0.3 is 0 Å². The van der Waals surface area contributed by atoms with Crippen LogP contribution in [-0.4, -0.2) is 16.0 Å². The number of carbonyl (C=O) groups is 1. The van der Waals surface area contributed by atoms with E-state index < -0.39 is 11.9 Å². The summed E-state index contributed by atoms with van der Waals surface area (Å²) >= 11 is 7.49. The van der Waals surface area contributed by atoms with Crippen molar-refractivity contribution in [3.8, 4) is 5.75 Å². The Bertz CT molecular complexity index is 1670. The monoisotopic (exact) mass is 474 g/mol. The van der Waals surface area contributed by atoms with Gasteiger partial charge in [0.15, 0.2) is 10.6 Å². The van der Waals surface area contributed by atoms with E-state index in [0.29, 0.717) is 21.1 Å². The predicted molar refractivity (Wildman–Crippen MR) is 129 cm³/mol. The molecule has 0 saturated heterocycles. The molecule has 3 heterocycles. The number of anilines is 1. The number of fused-ring (bicyclic) bond motifs is 3. The smallest absolute Gasteiger partial charge is 0.297 e. The summed E-state index contributed by atoms with van der Waals surface area (Å²) in [7, 11) is 0. The zero-order valence-electron chi connectivity index (χ0n) is 17.2. The minimum atomic E-state index is -0.805. The van der Waals surface area contributed by atoms with E-state index in [0.717, 1.165) is 15.8 Å². The zero-order chi connectivity index (χ0) is 22.9. The molecular weight excluding hydrogens is 460 g/mol. The van der Waals surface area contributed by atoms with Crippen molar-refractivity contribution in [1.29, 1.82) is 0 Å². The van der Waals surface area contributed by atoms with Crippen molar-refractivity contribution in [2.24, 2.45) is 0 Å². The number of halogens is 1. The Morgan fingerprint density at radius 3 is 2.76 bits per heavy atom. The second-order valence-electron chi connectivity index (χ2n) is 7.95. The third-order valence-corrected chi connectivity index (χ3v) is 7.01. The maximum Gasteiger partial charge on any atom is 0.297 e. The number of phenols is 1. The molecule has 3 aromatic carbocycles. The molecule has 1 N–H and O–H groups in total. The lowest BCUT2D eigenvalue weighted by atomic mass is 9.98. The Balaban J connectivity index is 1.65. The number of phenolic OH excluding ortho intramolecular Hbond substituents is 1. The molecule has 8 heteroatoms. The molecule has 6 nitrogen and oxygen atoms in total. The van der Waals surface area contributed by atoms with Gasteiger partial charge in [-0.3, -0.25) is 14.5 Å². The average molecular weight is 475 g/mol. The summed E-state index contributed by atoms with van der Waals surface area (Å²) in [6.45, 7) is 1.99. The van der Waals surface area contributed by atoms with Gasteiger partial charge in [0.25, 0.3) is 5.91 Å². The Hall–Kier alpha value is -3.68. The fourth-order valence-electron chi connectivity index (χ4n) is 4.28. The van der Waals surface area contributed by atoms with Crippen LogP contribution in [0.5, 0.6) is 5.75 Å². The predicted octanol–water partition coefficient (Wildman–Crippen LogP) is 5.82. The maximum absolute atomic E-state index is 13.6. The Morgan fingerprint density at radius 2 is 1.94 bits per heavy atom. The molecule has 0 aliphatic carbocycles. The molecule has 1 amide bonds. The Labute approximate surface area is 196 Å². The van der Waals surface area contributed by atoms with Gasteiger partial charge in [-0.1, -0.05) is 41.1 Å². The van der Waals surface area contributed by atoms with Crippen LogP contribution >= 0.6 is 22.9 Å². The van der Waals surface area contributed by atoms with Crippen molar-refractivity contribution in [2.45, 2.75) is 13.0 Å². The van der Waals surface area contributed by atoms with E-state index in [1.807, 2.05) is 25.1 Å². The average Bonchev–Trinajstić information content (AvgIpc) is 3.32. The maximum atomic E-state index is 13.6. The summed E-state index contributed by atoms with van der Waals surface area (Å²) in [5, 5.41) is 11.3. The lowest BCUT2D eigenvalue weighted by molar-refractivity contribution is 0.0971. The van der Waals surface area contributed by atoms with Crippen LogP contribution in [-0.2, 0) is 0 Å². The van der Waals surface area contributed by atoms with Crippen LogP contribution in [0.25, 0.3) is 21.2 Å². The SMILES string of the molecule is Cc1ccc2nc(N3C(=O)c4oc5ccc(Cl)cc5c(=O)c4C3c3cccc(O)c3)sc2c1. The fourth-order valence-corrected chi connectivity index (χ4v) is 5.54. The van der Waals surface area contributed by atoms with Crippen LogP contribution < -0.4 is 10.3 Å². The molecule has 6 rings (SSSR count). The molecule has 33 heavy (non-hydrogen) atoms. The van der Waals surface area contributed by atoms with Crippen molar-refractivity contribution in [2.75, 3.05) is 4.90 Å². The fraction of sp³-hybridized carbons (Fsp3) is 0.0800. The van der Waals surface area contributed by atoms with Crippen LogP contribution in [0.4, 0.5) is 5.13 Å². The zero-order valence-corrected chi connectivity index (χ0v) is 18.8. The molecular formula is C25H15ClN2O4S. The van der Waals surface area contributed by atoms with E-state index in [2.05, 4.69) is 4.98 Å². The highest BCUT2D eigenvalue weighted by Gasteiger charge is 2.45. The first-order chi connectivity index (χ1) is 15.9. The van der Waals surface area contributed by atoms with Gasteiger partial charge in [-0.15, -0.1) is 0 Å². The van der Waals surface area contributed by atoms with Crippen LogP contribution in [0.15, 0.2) is 69.9 Å². The third-order valence-electron chi connectivity index (χ3n) is 5.76. The van der Waals surface area contributed by atoms with Crippen molar-refractivity contribution < 1.29 is 14.3 Å². The first-order valence-corrected chi connectivity index (χ1v) is 11.4. The number of rotatable bonds is 2. The minimum absolute atomic E-state index is 0.0291. The quantitative estimate of drug-likeness (QED) is 0.348. The number of hydrogen-bond acceptors (Lipinski definition) is 6. The number of thiazole rings is 1. The molecule has 0 spiro atoms. The second kappa shape index (κ2) is 7.16. The highest BCUT2D eigenvalue weighted by Crippen LogP contribution is 2.44. The van der Waals surface area contributed by atoms with Crippen molar-refractivity contribution in [3.63, 3.8) is 0 Å². The second-order valence-corrected chi connectivity index (χ2v) is 9.40. The van der Waals surface area contributed by atoms with Crippen LogP contribution in [0, 0.1) is 6.92 Å². The van der Waals surface area contributed by atoms with E-state index in [-0.39, 0.29) is 28.1 Å². The number of aromatic hydroxyl groups is 1. The largest absolute Gasteiger partial charge is 0.508 e. The van der Waals surface area contributed by atoms with Crippen molar-refractivity contribution in [1.82, 2.24) is 4.98 Å². The summed E-state index contributed by atoms with van der Waals surface area (Å²) < 4.78 is 6.87. The highest BCUT2D eigenvalue weighted by atomic mass is 35.5. The standard InChI is InChI=1S/C25H15ClN2O4S/c1-12-5-7-17-19(9-12)33-25(27-17)28-21(13-3-2-4-15(29)10-13)20-22(30)16-11-14(26)6-8-18(16)32-23(20)24(28)31/h2-11,21,29H,1H3. The van der Waals surface area contributed by atoms with E-state index in [1.54, 1.807) is 30.3 Å². The molecule has 1 atom stereocenters. The molecule has 5 aromatic rings. The van der Waals surface area contributed by atoms with Gasteiger partial charge in [0, 0.05) is 5.02 Å². The van der Waals surface area contributed by atoms with E-state index in [1.165, 1.54) is 28.4 Å². The van der Waals surface area contributed by atoms with Gasteiger partial charge < -0.3 is 9.52 Å². The number of aromatic nitrogens is 1. The van der Waals surface area contributed by atoms with E-state index >= 15 is 0 Å². The molecule has 1 aliphatic heterocycles. The van der Waals surface area contributed by atoms with Crippen LogP contribution in [0.2, 0.25) is 5.02 Å². The number of carbonyl (C=O) groups excluding carboxylic acids is 1. The van der Waals surface area contributed by atoms with Gasteiger partial charge in [-0.2, -0.15) is 0 Å². The number of benzene rings is 3. The normalized spacial score (nSPS) is 15.5. The number of aryl methyl sites for hydroxylation is 1.